The molecule has 2 aromatic carbocycles. The van der Waals surface area contributed by atoms with E-state index in [0.29, 0.717) is 11.5 Å². The summed E-state index contributed by atoms with van der Waals surface area (Å²) in [6.07, 6.45) is -0.699. The molecule has 0 radical (unpaired) electrons. The summed E-state index contributed by atoms with van der Waals surface area (Å²) < 4.78 is 10.0. The average Bonchev–Trinajstić information content (AvgIpc) is 2.77. The lowest BCUT2D eigenvalue weighted by Gasteiger charge is -2.18. The number of rotatable bonds is 11. The van der Waals surface area contributed by atoms with Gasteiger partial charge in [-0.05, 0) is 18.1 Å². The van der Waals surface area contributed by atoms with Gasteiger partial charge in [-0.25, -0.2) is 4.79 Å². The number of esters is 1. The second kappa shape index (κ2) is 13.3. The highest BCUT2D eigenvalue weighted by Gasteiger charge is 2.22. The molecule has 0 saturated carbocycles. The van der Waals surface area contributed by atoms with E-state index in [1.54, 1.807) is 6.92 Å². The van der Waals surface area contributed by atoms with Gasteiger partial charge in [-0.2, -0.15) is 11.8 Å². The quantitative estimate of drug-likeness (QED) is 0.533. The zero-order valence-corrected chi connectivity index (χ0v) is 17.7. The summed E-state index contributed by atoms with van der Waals surface area (Å²) in [5, 5.41) is 5.08. The predicted octanol–water partition coefficient (Wildman–Crippen LogP) is 2.89. The molecule has 2 rings (SSSR count). The molecular formula is C22H26N2O5S. The van der Waals surface area contributed by atoms with Crippen molar-refractivity contribution in [3.8, 4) is 0 Å². The average molecular weight is 431 g/mol. The summed E-state index contributed by atoms with van der Waals surface area (Å²) in [5.41, 5.74) is 1.95. The lowest BCUT2D eigenvalue weighted by Crippen LogP contribution is -2.49. The molecule has 8 heteroatoms. The molecule has 2 amide bonds. The smallest absolute Gasteiger partial charge is 0.408 e. The molecule has 0 aliphatic heterocycles. The minimum absolute atomic E-state index is 0.0982. The van der Waals surface area contributed by atoms with E-state index in [1.807, 2.05) is 60.7 Å². The molecule has 0 bridgehead atoms. The van der Waals surface area contributed by atoms with Crippen LogP contribution in [-0.4, -0.2) is 42.9 Å². The van der Waals surface area contributed by atoms with Crippen molar-refractivity contribution in [3.05, 3.63) is 71.8 Å². The molecule has 2 N–H and O–H groups in total. The van der Waals surface area contributed by atoms with Crippen molar-refractivity contribution in [2.45, 2.75) is 25.3 Å². The van der Waals surface area contributed by atoms with Gasteiger partial charge in [0.25, 0.3) is 0 Å². The summed E-state index contributed by atoms with van der Waals surface area (Å²) in [6, 6.07) is 18.2. The van der Waals surface area contributed by atoms with Crippen LogP contribution in [-0.2, 0) is 31.4 Å². The molecule has 0 heterocycles. The number of alkyl carbamates (subject to hydrolysis) is 1. The Morgan fingerprint density at radius 1 is 0.933 bits per heavy atom. The minimum Gasteiger partial charge on any atom is -0.465 e. The number of carbonyl (C=O) groups excluding carboxylic acids is 3. The molecule has 1 atom stereocenters. The van der Waals surface area contributed by atoms with Crippen molar-refractivity contribution < 1.29 is 23.9 Å². The van der Waals surface area contributed by atoms with Crippen LogP contribution in [0.5, 0.6) is 0 Å². The van der Waals surface area contributed by atoms with Crippen LogP contribution in [0.25, 0.3) is 0 Å². The van der Waals surface area contributed by atoms with Crippen LogP contribution >= 0.6 is 11.8 Å². The number of ether oxygens (including phenoxy) is 2. The normalized spacial score (nSPS) is 11.2. The van der Waals surface area contributed by atoms with E-state index < -0.39 is 24.0 Å². The number of amides is 2. The summed E-state index contributed by atoms with van der Waals surface area (Å²) in [6.45, 7) is 1.76. The van der Waals surface area contributed by atoms with Crippen molar-refractivity contribution in [3.63, 3.8) is 0 Å². The highest BCUT2D eigenvalue weighted by atomic mass is 32.2. The monoisotopic (exact) mass is 430 g/mol. The van der Waals surface area contributed by atoms with E-state index >= 15 is 0 Å². The van der Waals surface area contributed by atoms with E-state index in [2.05, 4.69) is 10.6 Å². The largest absolute Gasteiger partial charge is 0.465 e. The van der Waals surface area contributed by atoms with Crippen molar-refractivity contribution in [2.24, 2.45) is 0 Å². The van der Waals surface area contributed by atoms with Gasteiger partial charge >= 0.3 is 12.1 Å². The van der Waals surface area contributed by atoms with Gasteiger partial charge < -0.3 is 20.1 Å². The summed E-state index contributed by atoms with van der Waals surface area (Å²) in [5.74, 6) is 0.00112. The Hall–Kier alpha value is -3.00. The predicted molar refractivity (Wildman–Crippen MR) is 116 cm³/mol. The third-order valence-corrected chi connectivity index (χ3v) is 5.04. The fraction of sp³-hybridized carbons (Fsp3) is 0.318. The molecular weight excluding hydrogens is 404 g/mol. The fourth-order valence-electron chi connectivity index (χ4n) is 2.45. The van der Waals surface area contributed by atoms with Crippen molar-refractivity contribution in [2.75, 3.05) is 18.9 Å². The van der Waals surface area contributed by atoms with Gasteiger partial charge in [-0.1, -0.05) is 60.7 Å². The molecule has 0 unspecified atom stereocenters. The Bertz CT molecular complexity index is 802. The highest BCUT2D eigenvalue weighted by molar-refractivity contribution is 7.98. The van der Waals surface area contributed by atoms with E-state index in [1.165, 1.54) is 11.8 Å². The van der Waals surface area contributed by atoms with Crippen LogP contribution in [0.15, 0.2) is 60.7 Å². The summed E-state index contributed by atoms with van der Waals surface area (Å²) in [4.78, 5) is 36.2. The van der Waals surface area contributed by atoms with Crippen molar-refractivity contribution in [1.29, 1.82) is 0 Å². The minimum atomic E-state index is -0.851. The van der Waals surface area contributed by atoms with E-state index in [-0.39, 0.29) is 19.8 Å². The van der Waals surface area contributed by atoms with Crippen LogP contribution < -0.4 is 10.6 Å². The first-order valence-electron chi connectivity index (χ1n) is 9.60. The van der Waals surface area contributed by atoms with Gasteiger partial charge in [0.15, 0.2) is 0 Å². The molecule has 30 heavy (non-hydrogen) atoms. The van der Waals surface area contributed by atoms with Gasteiger partial charge in [0, 0.05) is 11.5 Å². The number of benzene rings is 2. The Morgan fingerprint density at radius 2 is 1.57 bits per heavy atom. The SMILES string of the molecule is CCOC(=O)CNC(=O)[C@H](CSCc1ccccc1)NC(=O)OCc1ccccc1. The van der Waals surface area contributed by atoms with Crippen LogP contribution in [0.3, 0.4) is 0 Å². The molecule has 2 aromatic rings. The maximum absolute atomic E-state index is 12.5. The van der Waals surface area contributed by atoms with E-state index in [0.717, 1.165) is 11.1 Å². The maximum atomic E-state index is 12.5. The molecule has 0 aliphatic rings. The Labute approximate surface area is 180 Å². The number of thioether (sulfide) groups is 1. The Morgan fingerprint density at radius 3 is 2.20 bits per heavy atom. The number of carbonyl (C=O) groups is 3. The fourth-order valence-corrected chi connectivity index (χ4v) is 3.47. The van der Waals surface area contributed by atoms with Gasteiger partial charge in [0.2, 0.25) is 5.91 Å². The number of hydrogen-bond acceptors (Lipinski definition) is 6. The molecule has 0 aromatic heterocycles. The molecule has 0 saturated heterocycles. The van der Waals surface area contributed by atoms with Crippen LogP contribution in [0.4, 0.5) is 4.79 Å². The van der Waals surface area contributed by atoms with E-state index in [9.17, 15) is 14.4 Å². The second-order valence-corrected chi connectivity index (χ2v) is 7.31. The summed E-state index contributed by atoms with van der Waals surface area (Å²) >= 11 is 1.50. The lowest BCUT2D eigenvalue weighted by atomic mass is 10.2. The van der Waals surface area contributed by atoms with Gasteiger partial charge in [0.1, 0.15) is 19.2 Å². The van der Waals surface area contributed by atoms with Crippen LogP contribution in [0, 0.1) is 0 Å². The molecule has 160 valence electrons. The first-order valence-corrected chi connectivity index (χ1v) is 10.8. The standard InChI is InChI=1S/C22H26N2O5S/c1-2-28-20(25)13-23-21(26)19(16-30-15-18-11-7-4-8-12-18)24-22(27)29-14-17-9-5-3-6-10-17/h3-12,19H,2,13-16H2,1H3,(H,23,26)(H,24,27)/t19-/m0/s1. The molecule has 7 nitrogen and oxygen atoms in total. The Kier molecular flexibility index (Phi) is 10.3. The zero-order valence-electron chi connectivity index (χ0n) is 16.8. The number of hydrogen-bond donors (Lipinski definition) is 2. The molecule has 0 fully saturated rings. The van der Waals surface area contributed by atoms with E-state index in [4.69, 9.17) is 9.47 Å². The highest BCUT2D eigenvalue weighted by Crippen LogP contribution is 2.13. The Balaban J connectivity index is 1.88. The first-order chi connectivity index (χ1) is 14.6. The van der Waals surface area contributed by atoms with Gasteiger partial charge in [0.05, 0.1) is 6.61 Å². The second-order valence-electron chi connectivity index (χ2n) is 6.28. The lowest BCUT2D eigenvalue weighted by molar-refractivity contribution is -0.143. The van der Waals surface area contributed by atoms with Crippen molar-refractivity contribution >= 4 is 29.7 Å². The molecule has 0 spiro atoms. The van der Waals surface area contributed by atoms with Crippen molar-refractivity contribution in [1.82, 2.24) is 10.6 Å². The van der Waals surface area contributed by atoms with Crippen LogP contribution in [0.1, 0.15) is 18.1 Å². The summed E-state index contributed by atoms with van der Waals surface area (Å²) in [7, 11) is 0. The third kappa shape index (κ3) is 9.00. The zero-order chi connectivity index (χ0) is 21.6. The van der Waals surface area contributed by atoms with Gasteiger partial charge in [-0.3, -0.25) is 9.59 Å². The number of nitrogens with one attached hydrogen (secondary N) is 2. The molecule has 0 aliphatic carbocycles. The van der Waals surface area contributed by atoms with Gasteiger partial charge in [-0.15, -0.1) is 0 Å². The maximum Gasteiger partial charge on any atom is 0.408 e. The third-order valence-electron chi connectivity index (χ3n) is 3.93. The topological polar surface area (TPSA) is 93.7 Å². The first kappa shape index (κ1) is 23.3. The van der Waals surface area contributed by atoms with Crippen LogP contribution in [0.2, 0.25) is 0 Å².